The third-order valence-electron chi connectivity index (χ3n) is 1.10. The Morgan fingerprint density at radius 2 is 2.27 bits per heavy atom. The Morgan fingerprint density at radius 3 is 2.82 bits per heavy atom. The van der Waals surface area contributed by atoms with Crippen LogP contribution in [0.5, 0.6) is 5.75 Å². The fraction of sp³-hybridized carbons (Fsp3) is 0.333. The van der Waals surface area contributed by atoms with Crippen LogP contribution in [0.25, 0.3) is 0 Å². The van der Waals surface area contributed by atoms with Crippen LogP contribution in [-0.2, 0) is 0 Å². The van der Waals surface area contributed by atoms with E-state index in [0.29, 0.717) is 5.75 Å². The van der Waals surface area contributed by atoms with Gasteiger partial charge in [-0.2, -0.15) is 0 Å². The van der Waals surface area contributed by atoms with Crippen LogP contribution in [0.2, 0.25) is 0 Å². The molecule has 0 heterocycles. The fourth-order valence-corrected chi connectivity index (χ4v) is 0.740. The molecule has 2 heteroatoms. The van der Waals surface area contributed by atoms with Crippen LogP contribution in [0, 0.1) is 11.9 Å². The third kappa shape index (κ3) is 2.58. The maximum atomic E-state index is 12.5. The predicted molar refractivity (Wildman–Crippen MR) is 41.0 cm³/mol. The van der Waals surface area contributed by atoms with Gasteiger partial charge in [-0.15, -0.1) is 0 Å². The summed E-state index contributed by atoms with van der Waals surface area (Å²) >= 11 is 0. The third-order valence-corrected chi connectivity index (χ3v) is 1.10. The summed E-state index contributed by atoms with van der Waals surface area (Å²) < 4.78 is 17.7. The minimum Gasteiger partial charge on any atom is -0.490 e. The second kappa shape index (κ2) is 3.37. The molecule has 1 rings (SSSR count). The lowest BCUT2D eigenvalue weighted by molar-refractivity contribution is 0.241. The molecule has 11 heavy (non-hydrogen) atoms. The quantitative estimate of drug-likeness (QED) is 0.634. The Kier molecular flexibility index (Phi) is 2.47. The lowest BCUT2D eigenvalue weighted by Crippen LogP contribution is -2.05. The molecule has 0 aliphatic rings. The predicted octanol–water partition coefficient (Wildman–Crippen LogP) is 2.41. The van der Waals surface area contributed by atoms with Crippen LogP contribution in [0.15, 0.2) is 18.2 Å². The summed E-state index contributed by atoms with van der Waals surface area (Å²) in [5.41, 5.74) is 0. The van der Waals surface area contributed by atoms with E-state index in [2.05, 4.69) is 6.07 Å². The molecule has 0 atom stereocenters. The molecule has 0 aliphatic heterocycles. The normalized spacial score (nSPS) is 10.2. The second-order valence-electron chi connectivity index (χ2n) is 2.54. The molecule has 59 valence electrons. The Hall–Kier alpha value is -1.05. The van der Waals surface area contributed by atoms with E-state index >= 15 is 0 Å². The van der Waals surface area contributed by atoms with Gasteiger partial charge in [0.2, 0.25) is 0 Å². The fourth-order valence-electron chi connectivity index (χ4n) is 0.740. The number of rotatable bonds is 2. The van der Waals surface area contributed by atoms with Crippen LogP contribution in [0.3, 0.4) is 0 Å². The van der Waals surface area contributed by atoms with Gasteiger partial charge < -0.3 is 4.74 Å². The van der Waals surface area contributed by atoms with Gasteiger partial charge >= 0.3 is 0 Å². The summed E-state index contributed by atoms with van der Waals surface area (Å²) in [6.45, 7) is 3.78. The van der Waals surface area contributed by atoms with Crippen LogP contribution in [0.1, 0.15) is 13.8 Å². The highest BCUT2D eigenvalue weighted by molar-refractivity contribution is 5.20. The monoisotopic (exact) mass is 153 g/mol. The summed E-state index contributed by atoms with van der Waals surface area (Å²) in [6.07, 6.45) is 0.0630. The summed E-state index contributed by atoms with van der Waals surface area (Å²) in [6, 6.07) is 6.95. The molecule has 0 aromatic heterocycles. The van der Waals surface area contributed by atoms with Gasteiger partial charge in [0, 0.05) is 12.1 Å². The standard InChI is InChI=1S/C9H10FO/c1-7(2)11-9-5-3-4-8(10)6-9/h3-4,6-7H,1-2H3. The van der Waals surface area contributed by atoms with Crippen LogP contribution in [-0.4, -0.2) is 6.10 Å². The van der Waals surface area contributed by atoms with Gasteiger partial charge in [0.05, 0.1) is 6.10 Å². The number of benzene rings is 1. The number of ether oxygens (including phenoxy) is 1. The van der Waals surface area contributed by atoms with Crippen LogP contribution >= 0.6 is 0 Å². The van der Waals surface area contributed by atoms with Gasteiger partial charge in [-0.3, -0.25) is 0 Å². The zero-order valence-corrected chi connectivity index (χ0v) is 6.60. The molecule has 1 radical (unpaired) electrons. The Labute approximate surface area is 65.8 Å². The van der Waals surface area contributed by atoms with Gasteiger partial charge in [0.25, 0.3) is 0 Å². The van der Waals surface area contributed by atoms with E-state index in [-0.39, 0.29) is 11.9 Å². The lowest BCUT2D eigenvalue weighted by Gasteiger charge is -2.08. The summed E-state index contributed by atoms with van der Waals surface area (Å²) in [5.74, 6) is 0.166. The highest BCUT2D eigenvalue weighted by atomic mass is 19.1. The zero-order valence-electron chi connectivity index (χ0n) is 6.60. The molecule has 1 aromatic rings. The van der Waals surface area contributed by atoms with Crippen molar-refractivity contribution < 1.29 is 9.13 Å². The maximum absolute atomic E-state index is 12.5. The minimum atomic E-state index is -0.292. The van der Waals surface area contributed by atoms with E-state index in [9.17, 15) is 4.39 Å². The first-order valence-corrected chi connectivity index (χ1v) is 3.52. The molecule has 0 aliphatic carbocycles. The molecule has 0 fully saturated rings. The number of hydrogen-bond acceptors (Lipinski definition) is 1. The molecular formula is C9H10FO. The van der Waals surface area contributed by atoms with Gasteiger partial charge in [0.1, 0.15) is 11.6 Å². The topological polar surface area (TPSA) is 9.23 Å². The molecule has 0 spiro atoms. The maximum Gasteiger partial charge on any atom is 0.130 e. The zero-order chi connectivity index (χ0) is 8.27. The van der Waals surface area contributed by atoms with Gasteiger partial charge in [0.15, 0.2) is 0 Å². The van der Waals surface area contributed by atoms with E-state index in [0.717, 1.165) is 0 Å². The smallest absolute Gasteiger partial charge is 0.130 e. The second-order valence-corrected chi connectivity index (χ2v) is 2.54. The molecule has 1 aromatic carbocycles. The highest BCUT2D eigenvalue weighted by Crippen LogP contribution is 2.12. The largest absolute Gasteiger partial charge is 0.490 e. The van der Waals surface area contributed by atoms with E-state index in [1.807, 2.05) is 13.8 Å². The van der Waals surface area contributed by atoms with Crippen molar-refractivity contribution in [2.75, 3.05) is 0 Å². The van der Waals surface area contributed by atoms with Crippen molar-refractivity contribution in [3.63, 3.8) is 0 Å². The van der Waals surface area contributed by atoms with Gasteiger partial charge in [-0.25, -0.2) is 4.39 Å². The van der Waals surface area contributed by atoms with Crippen molar-refractivity contribution in [1.29, 1.82) is 0 Å². The van der Waals surface area contributed by atoms with Crippen molar-refractivity contribution in [1.82, 2.24) is 0 Å². The Bertz CT molecular complexity index is 233. The first-order valence-electron chi connectivity index (χ1n) is 3.52. The van der Waals surface area contributed by atoms with Crippen LogP contribution in [0.4, 0.5) is 4.39 Å². The van der Waals surface area contributed by atoms with Crippen molar-refractivity contribution in [2.24, 2.45) is 0 Å². The Balaban J connectivity index is 2.71. The first-order chi connectivity index (χ1) is 5.18. The SMILES string of the molecule is CC(C)Oc1[c]ccc(F)c1. The van der Waals surface area contributed by atoms with Crippen molar-refractivity contribution in [2.45, 2.75) is 20.0 Å². The Morgan fingerprint density at radius 1 is 1.55 bits per heavy atom. The van der Waals surface area contributed by atoms with Crippen molar-refractivity contribution in [3.05, 3.63) is 30.1 Å². The van der Waals surface area contributed by atoms with Crippen LogP contribution < -0.4 is 4.74 Å². The molecule has 0 saturated heterocycles. The summed E-state index contributed by atoms with van der Waals surface area (Å²) in [5, 5.41) is 0. The molecule has 0 N–H and O–H groups in total. The highest BCUT2D eigenvalue weighted by Gasteiger charge is 1.97. The lowest BCUT2D eigenvalue weighted by atomic mass is 10.3. The van der Waals surface area contributed by atoms with Gasteiger partial charge in [-0.05, 0) is 26.0 Å². The average molecular weight is 153 g/mol. The van der Waals surface area contributed by atoms with Crippen molar-refractivity contribution >= 4 is 0 Å². The van der Waals surface area contributed by atoms with Crippen molar-refractivity contribution in [3.8, 4) is 5.75 Å². The van der Waals surface area contributed by atoms with E-state index < -0.39 is 0 Å². The molecule has 0 unspecified atom stereocenters. The van der Waals surface area contributed by atoms with E-state index in [4.69, 9.17) is 4.74 Å². The molecular weight excluding hydrogens is 143 g/mol. The molecule has 0 saturated carbocycles. The van der Waals surface area contributed by atoms with E-state index in [1.54, 1.807) is 0 Å². The molecule has 0 bridgehead atoms. The average Bonchev–Trinajstić information content (AvgIpc) is 1.85. The summed E-state index contributed by atoms with van der Waals surface area (Å²) in [4.78, 5) is 0. The van der Waals surface area contributed by atoms with Gasteiger partial charge in [-0.1, -0.05) is 0 Å². The number of hydrogen-bond donors (Lipinski definition) is 0. The molecule has 1 nitrogen and oxygen atoms in total. The summed E-state index contributed by atoms with van der Waals surface area (Å²) in [7, 11) is 0. The minimum absolute atomic E-state index is 0.0630. The number of halogens is 1. The van der Waals surface area contributed by atoms with E-state index in [1.165, 1.54) is 18.2 Å². The first kappa shape index (κ1) is 8.05. The molecule has 0 amide bonds.